The number of likely N-dealkylation sites (N-methyl/N-ethyl adjacent to an activating group) is 1. The van der Waals surface area contributed by atoms with Crippen molar-refractivity contribution in [3.05, 3.63) is 52.2 Å². The number of benzene rings is 2. The molecule has 0 spiro atoms. The van der Waals surface area contributed by atoms with Crippen LogP contribution in [0, 0.1) is 5.21 Å². The molecule has 0 unspecified atom stereocenters. The second-order valence-corrected chi connectivity index (χ2v) is 6.68. The first-order valence-electron chi connectivity index (χ1n) is 7.87. The quantitative estimate of drug-likeness (QED) is 0.600. The highest BCUT2D eigenvalue weighted by Gasteiger charge is 2.47. The molecular weight excluding hydrogens is 294 g/mol. The van der Waals surface area contributed by atoms with Gasteiger partial charge in [-0.1, -0.05) is 24.3 Å². The molecule has 5 nitrogen and oxygen atoms in total. The third kappa shape index (κ3) is 1.62. The van der Waals surface area contributed by atoms with Crippen LogP contribution in [0.15, 0.2) is 30.3 Å². The summed E-state index contributed by atoms with van der Waals surface area (Å²) in [4.78, 5) is 0. The van der Waals surface area contributed by atoms with E-state index in [9.17, 15) is 10.3 Å². The van der Waals surface area contributed by atoms with Crippen molar-refractivity contribution in [1.82, 2.24) is 0 Å². The van der Waals surface area contributed by atoms with Gasteiger partial charge in [-0.2, -0.15) is 0 Å². The summed E-state index contributed by atoms with van der Waals surface area (Å²) < 4.78 is 10.8. The third-order valence-electron chi connectivity index (χ3n) is 5.35. The first-order valence-corrected chi connectivity index (χ1v) is 7.87. The summed E-state index contributed by atoms with van der Waals surface area (Å²) in [5, 5.41) is 24.0. The fourth-order valence-electron chi connectivity index (χ4n) is 4.29. The van der Waals surface area contributed by atoms with Crippen LogP contribution in [-0.2, 0) is 6.42 Å². The molecule has 2 aromatic rings. The molecule has 0 aromatic heterocycles. The van der Waals surface area contributed by atoms with E-state index in [2.05, 4.69) is 0 Å². The minimum Gasteiger partial charge on any atom is -0.632 e. The van der Waals surface area contributed by atoms with Gasteiger partial charge in [-0.3, -0.25) is 0 Å². The van der Waals surface area contributed by atoms with E-state index in [1.807, 2.05) is 30.3 Å². The van der Waals surface area contributed by atoms with Gasteiger partial charge in [0.05, 0.1) is 13.6 Å². The molecule has 0 fully saturated rings. The topological polar surface area (TPSA) is 61.8 Å². The van der Waals surface area contributed by atoms with Crippen molar-refractivity contribution in [3.63, 3.8) is 0 Å². The first kappa shape index (κ1) is 13.4. The molecule has 0 radical (unpaired) electrons. The predicted octanol–water partition coefficient (Wildman–Crippen LogP) is 2.67. The number of hydroxylamine groups is 3. The minimum atomic E-state index is -0.805. The Morgan fingerprint density at radius 1 is 1.26 bits per heavy atom. The second-order valence-electron chi connectivity index (χ2n) is 6.68. The highest BCUT2D eigenvalue weighted by Crippen LogP contribution is 2.57. The number of rotatable bonds is 0. The van der Waals surface area contributed by atoms with Gasteiger partial charge in [-0.15, -0.1) is 0 Å². The number of hydrogen-bond donors (Lipinski definition) is 1. The van der Waals surface area contributed by atoms with Crippen molar-refractivity contribution in [2.75, 3.05) is 20.4 Å². The van der Waals surface area contributed by atoms with Gasteiger partial charge in [0.15, 0.2) is 11.5 Å². The Bertz CT molecular complexity index is 830. The molecular formula is C18H17NO4. The molecule has 5 rings (SSSR count). The highest BCUT2D eigenvalue weighted by atomic mass is 16.7. The number of fused-ring (bicyclic) bond motifs is 4. The van der Waals surface area contributed by atoms with Gasteiger partial charge in [0.1, 0.15) is 12.1 Å². The summed E-state index contributed by atoms with van der Waals surface area (Å²) in [7, 11) is 1.65. The summed E-state index contributed by atoms with van der Waals surface area (Å²) in [6.07, 6.45) is -0.120. The van der Waals surface area contributed by atoms with E-state index in [4.69, 9.17) is 9.47 Å². The number of quaternary nitrogens is 1. The average molecular weight is 311 g/mol. The van der Waals surface area contributed by atoms with Gasteiger partial charge >= 0.3 is 0 Å². The molecule has 3 aliphatic rings. The van der Waals surface area contributed by atoms with Crippen LogP contribution in [0.1, 0.15) is 28.8 Å². The van der Waals surface area contributed by atoms with Crippen LogP contribution in [-0.4, -0.2) is 30.1 Å². The van der Waals surface area contributed by atoms with Crippen molar-refractivity contribution in [2.45, 2.75) is 18.6 Å². The van der Waals surface area contributed by atoms with E-state index >= 15 is 0 Å². The van der Waals surface area contributed by atoms with Gasteiger partial charge in [-0.25, -0.2) is 0 Å². The zero-order valence-electron chi connectivity index (χ0n) is 12.8. The zero-order valence-corrected chi connectivity index (χ0v) is 12.8. The van der Waals surface area contributed by atoms with Crippen molar-refractivity contribution < 1.29 is 19.2 Å². The fraction of sp³-hybridized carbons (Fsp3) is 0.333. The van der Waals surface area contributed by atoms with Gasteiger partial charge in [0.2, 0.25) is 6.79 Å². The van der Waals surface area contributed by atoms with E-state index in [1.165, 1.54) is 0 Å². The van der Waals surface area contributed by atoms with Crippen molar-refractivity contribution in [2.24, 2.45) is 0 Å². The molecule has 2 aliphatic heterocycles. The maximum atomic E-state index is 13.1. The van der Waals surface area contributed by atoms with Crippen LogP contribution in [0.2, 0.25) is 0 Å². The molecule has 1 N–H and O–H groups in total. The Morgan fingerprint density at radius 3 is 2.96 bits per heavy atom. The van der Waals surface area contributed by atoms with Crippen LogP contribution in [0.4, 0.5) is 0 Å². The van der Waals surface area contributed by atoms with E-state index in [-0.39, 0.29) is 6.79 Å². The summed E-state index contributed by atoms with van der Waals surface area (Å²) in [5.41, 5.74) is 4.69. The fourth-order valence-corrected chi connectivity index (χ4v) is 4.29. The summed E-state index contributed by atoms with van der Waals surface area (Å²) in [6, 6.07) is 9.18. The Kier molecular flexibility index (Phi) is 2.48. The molecule has 1 aliphatic carbocycles. The molecule has 23 heavy (non-hydrogen) atoms. The second kappa shape index (κ2) is 4.26. The third-order valence-corrected chi connectivity index (χ3v) is 5.35. The Hall–Kier alpha value is -2.08. The normalized spacial score (nSPS) is 29.9. The summed E-state index contributed by atoms with van der Waals surface area (Å²) in [6.45, 7) is 0.653. The average Bonchev–Trinajstić information content (AvgIpc) is 3.00. The lowest BCUT2D eigenvalue weighted by atomic mass is 9.75. The SMILES string of the molecule is C[N@@+]1([O-])CCc2cc3c(c4c2[C@H]1[C@H](O)c1ccccc1-4)OCO3. The highest BCUT2D eigenvalue weighted by molar-refractivity contribution is 5.84. The van der Waals surface area contributed by atoms with Gasteiger partial charge in [0.25, 0.3) is 0 Å². The standard InChI is InChI=1S/C18H17NO4/c1-19(21)7-6-10-8-13-18(23-9-22-13)15-11-4-2-3-5-12(11)17(20)16(19)14(10)15/h2-5,8,16-17,20H,6-7,9H2,1H3/t16-,17+,19+/m0/s1. The molecule has 0 saturated carbocycles. The molecule has 0 saturated heterocycles. The van der Waals surface area contributed by atoms with E-state index < -0.39 is 16.8 Å². The van der Waals surface area contributed by atoms with Crippen LogP contribution < -0.4 is 9.47 Å². The summed E-state index contributed by atoms with van der Waals surface area (Å²) in [5.74, 6) is 1.45. The first-order chi connectivity index (χ1) is 11.1. The van der Waals surface area contributed by atoms with Crippen LogP contribution in [0.25, 0.3) is 11.1 Å². The van der Waals surface area contributed by atoms with E-state index in [0.29, 0.717) is 18.7 Å². The van der Waals surface area contributed by atoms with E-state index in [0.717, 1.165) is 33.6 Å². The largest absolute Gasteiger partial charge is 0.632 e. The zero-order chi connectivity index (χ0) is 15.8. The predicted molar refractivity (Wildman–Crippen MR) is 83.8 cm³/mol. The van der Waals surface area contributed by atoms with Crippen molar-refractivity contribution in [3.8, 4) is 22.6 Å². The van der Waals surface area contributed by atoms with Gasteiger partial charge in [0, 0.05) is 17.5 Å². The number of aliphatic hydroxyl groups is 1. The van der Waals surface area contributed by atoms with Crippen LogP contribution >= 0.6 is 0 Å². The van der Waals surface area contributed by atoms with Gasteiger partial charge < -0.3 is 24.4 Å². The van der Waals surface area contributed by atoms with Gasteiger partial charge in [-0.05, 0) is 22.8 Å². The number of aliphatic hydroxyl groups excluding tert-OH is 1. The molecule has 118 valence electrons. The monoisotopic (exact) mass is 311 g/mol. The van der Waals surface area contributed by atoms with Crippen molar-refractivity contribution >= 4 is 0 Å². The summed E-state index contributed by atoms with van der Waals surface area (Å²) >= 11 is 0. The lowest BCUT2D eigenvalue weighted by Gasteiger charge is -2.52. The Balaban J connectivity index is 1.91. The smallest absolute Gasteiger partial charge is 0.231 e. The Labute approximate surface area is 133 Å². The Morgan fingerprint density at radius 2 is 2.09 bits per heavy atom. The lowest BCUT2D eigenvalue weighted by Crippen LogP contribution is -2.49. The maximum absolute atomic E-state index is 13.1. The maximum Gasteiger partial charge on any atom is 0.231 e. The minimum absolute atomic E-state index is 0.199. The molecule has 3 atom stereocenters. The van der Waals surface area contributed by atoms with E-state index in [1.54, 1.807) is 7.05 Å². The lowest BCUT2D eigenvalue weighted by molar-refractivity contribution is -0.899. The van der Waals surface area contributed by atoms with Crippen LogP contribution in [0.5, 0.6) is 11.5 Å². The molecule has 2 aromatic carbocycles. The van der Waals surface area contributed by atoms with Crippen molar-refractivity contribution in [1.29, 1.82) is 0 Å². The number of ether oxygens (including phenoxy) is 2. The molecule has 0 bridgehead atoms. The molecule has 2 heterocycles. The molecule has 5 heteroatoms. The molecule has 0 amide bonds. The number of nitrogens with zero attached hydrogens (tertiary/aromatic N) is 1. The van der Waals surface area contributed by atoms with Crippen LogP contribution in [0.3, 0.4) is 0 Å². The number of hydrogen-bond acceptors (Lipinski definition) is 4.